The number of anilines is 4. The van der Waals surface area contributed by atoms with E-state index in [2.05, 4.69) is 117 Å². The molecule has 0 saturated heterocycles. The molecular formula is C67H59F2N13O3S6. The number of hydrogen-bond donors (Lipinski definition) is 3. The van der Waals surface area contributed by atoms with Gasteiger partial charge in [0, 0.05) is 97.0 Å². The quantitative estimate of drug-likeness (QED) is 0.0486. The zero-order chi connectivity index (χ0) is 63.0. The Morgan fingerprint density at radius 3 is 1.92 bits per heavy atom. The predicted molar refractivity (Wildman–Crippen MR) is 367 cm³/mol. The molecule has 1 aliphatic rings. The number of para-hydroxylation sites is 1. The predicted octanol–water partition coefficient (Wildman–Crippen LogP) is 16.0. The summed E-state index contributed by atoms with van der Waals surface area (Å²) in [6, 6.07) is 42.7. The second-order valence-electron chi connectivity index (χ2n) is 21.5. The molecule has 1 aliphatic carbocycles. The Kier molecular flexibility index (Phi) is 19.3. The van der Waals surface area contributed by atoms with Crippen LogP contribution in [0, 0.1) is 5.92 Å². The van der Waals surface area contributed by atoms with Crippen molar-refractivity contribution in [3.8, 4) is 55.0 Å². The van der Waals surface area contributed by atoms with E-state index in [0.717, 1.165) is 71.7 Å². The van der Waals surface area contributed by atoms with Crippen LogP contribution in [0.2, 0.25) is 0 Å². The monoisotopic (exact) mass is 1320 g/mol. The molecule has 91 heavy (non-hydrogen) atoms. The average molecular weight is 1320 g/mol. The van der Waals surface area contributed by atoms with Crippen LogP contribution in [0.15, 0.2) is 213 Å². The Bertz CT molecular complexity index is 4390. The first-order chi connectivity index (χ1) is 44.2. The summed E-state index contributed by atoms with van der Waals surface area (Å²) in [7, 11) is 4.02. The third-order valence-electron chi connectivity index (χ3n) is 15.0. The topological polar surface area (TPSA) is 183 Å². The molecule has 0 bridgehead atoms. The van der Waals surface area contributed by atoms with E-state index < -0.39 is 17.2 Å². The van der Waals surface area contributed by atoms with E-state index in [0.29, 0.717) is 45.4 Å². The van der Waals surface area contributed by atoms with Gasteiger partial charge >= 0.3 is 6.05 Å². The molecule has 0 fully saturated rings. The zero-order valence-corrected chi connectivity index (χ0v) is 54.4. The number of aromatic nitrogens is 9. The highest BCUT2D eigenvalue weighted by atomic mass is 32.2. The molecule has 6 heterocycles. The molecule has 0 spiro atoms. The molecule has 16 nitrogen and oxygen atoms in total. The summed E-state index contributed by atoms with van der Waals surface area (Å²) < 4.78 is 37.3. The molecule has 0 saturated carbocycles. The van der Waals surface area contributed by atoms with Gasteiger partial charge in [0.15, 0.2) is 32.9 Å². The highest BCUT2D eigenvalue weighted by Gasteiger charge is 2.40. The van der Waals surface area contributed by atoms with Gasteiger partial charge in [-0.2, -0.15) is 20.1 Å². The minimum Gasteiger partial charge on any atom is -0.378 e. The average Bonchev–Trinajstić information content (AvgIpc) is 1.73. The summed E-state index contributed by atoms with van der Waals surface area (Å²) >= 11 is 8.05. The lowest BCUT2D eigenvalue weighted by atomic mass is 9.93. The Labute approximate surface area is 549 Å². The van der Waals surface area contributed by atoms with Gasteiger partial charge in [-0.25, -0.2) is 4.57 Å². The van der Waals surface area contributed by atoms with E-state index in [-0.39, 0.29) is 51.8 Å². The lowest BCUT2D eigenvalue weighted by molar-refractivity contribution is -0.115. The molecule has 3 amide bonds. The molecule has 24 heteroatoms. The number of hydrogen-bond acceptors (Lipinski definition) is 16. The Morgan fingerprint density at radius 1 is 0.615 bits per heavy atom. The molecule has 11 aromatic rings. The van der Waals surface area contributed by atoms with Gasteiger partial charge in [-0.3, -0.25) is 23.5 Å². The number of nitrogens with zero attached hydrogens (tertiary/aromatic N) is 10. The van der Waals surface area contributed by atoms with E-state index in [1.165, 1.54) is 47.0 Å². The number of thioether (sulfide) groups is 3. The molecule has 0 radical (unpaired) electrons. The van der Waals surface area contributed by atoms with Gasteiger partial charge < -0.3 is 20.9 Å². The number of carbonyl (C=O) groups excluding carboxylic acids is 3. The van der Waals surface area contributed by atoms with E-state index in [4.69, 9.17) is 10.2 Å². The molecular weight excluding hydrogens is 1270 g/mol. The van der Waals surface area contributed by atoms with Gasteiger partial charge in [-0.05, 0) is 109 Å². The van der Waals surface area contributed by atoms with E-state index in [1.54, 1.807) is 69.8 Å². The van der Waals surface area contributed by atoms with Crippen LogP contribution < -0.4 is 20.9 Å². The standard InChI is InChI=1S/C67H59F2N13O3S6/c1-42(45-15-8-5-9-16-45)81-61(50-35-56(87-39-50)46-25-27-53(28-26-46)71-59(84)41-90-66-78-75-62(48-31-32-86-37-48)82(66)67(68,69)51-18-10-6-11-19-51)74-77-65(81)91-43(2)63(85)72-54-22-14-17-47(33-54)57-34-49(38-88-57)60-73-76-64(89-40-58(83)70-52-20-12-7-13-21-52)80(60)36-44-23-29-55(30-24-44)79(3)4/h5-15,17-35,37-39,42-43,45H,16,36,40-41H2,1-4H3,(H,70,83)(H,71,84)(H,72,85). The minimum absolute atomic E-state index is 0.00728. The Balaban J connectivity index is 0.710. The van der Waals surface area contributed by atoms with Crippen molar-refractivity contribution in [2.45, 2.75) is 59.6 Å². The minimum atomic E-state index is -3.49. The molecule has 3 unspecified atom stereocenters. The van der Waals surface area contributed by atoms with E-state index >= 15 is 8.78 Å². The van der Waals surface area contributed by atoms with Gasteiger partial charge in [0.05, 0.1) is 23.3 Å². The largest absolute Gasteiger partial charge is 0.378 e. The van der Waals surface area contributed by atoms with Crippen LogP contribution in [0.4, 0.5) is 31.5 Å². The summed E-state index contributed by atoms with van der Waals surface area (Å²) in [6.07, 6.45) is 9.29. The van der Waals surface area contributed by atoms with Gasteiger partial charge in [-0.1, -0.05) is 145 Å². The van der Waals surface area contributed by atoms with Crippen LogP contribution in [0.3, 0.4) is 0 Å². The van der Waals surface area contributed by atoms with E-state index in [1.807, 2.05) is 99.2 Å². The number of rotatable bonds is 24. The Morgan fingerprint density at radius 2 is 1.24 bits per heavy atom. The smallest absolute Gasteiger partial charge is 0.359 e. The normalized spacial score (nSPS) is 13.7. The van der Waals surface area contributed by atoms with Crippen molar-refractivity contribution in [3.05, 3.63) is 209 Å². The maximum absolute atomic E-state index is 16.2. The number of nitrogens with one attached hydrogen (secondary N) is 3. The maximum atomic E-state index is 16.2. The van der Waals surface area contributed by atoms with Crippen LogP contribution in [-0.4, -0.2) is 92.9 Å². The lowest BCUT2D eigenvalue weighted by Crippen LogP contribution is -2.26. The number of allylic oxidation sites excluding steroid dienone is 4. The summed E-state index contributed by atoms with van der Waals surface area (Å²) in [5.74, 6) is 0.742. The fourth-order valence-electron chi connectivity index (χ4n) is 10.2. The second kappa shape index (κ2) is 28.2. The molecule has 0 aliphatic heterocycles. The first-order valence-electron chi connectivity index (χ1n) is 28.9. The van der Waals surface area contributed by atoms with Crippen molar-refractivity contribution in [2.75, 3.05) is 46.5 Å². The first-order valence-corrected chi connectivity index (χ1v) is 34.4. The number of benzene rings is 5. The number of alkyl halides is 2. The third-order valence-corrected chi connectivity index (χ3v) is 20.6. The molecule has 12 rings (SSSR count). The van der Waals surface area contributed by atoms with Crippen LogP contribution in [0.5, 0.6) is 0 Å². The maximum Gasteiger partial charge on any atom is 0.359 e. The first kappa shape index (κ1) is 62.4. The molecule has 460 valence electrons. The van der Waals surface area contributed by atoms with Crippen LogP contribution in [0.25, 0.3) is 55.0 Å². The molecule has 3 N–H and O–H groups in total. The van der Waals surface area contributed by atoms with E-state index in [9.17, 15) is 14.4 Å². The van der Waals surface area contributed by atoms with Crippen molar-refractivity contribution in [3.63, 3.8) is 0 Å². The SMILES string of the molecule is CC(Sc1nnc(-c2csc(-c3ccc(NC(=O)CSc4nnc(-c5ccsc5)n4C(F)(F)c4ccccc4)cc3)c2)n1C(C)C1C=CC=CC1)C(=O)Nc1cccc(-c2cc(-c3nnc(SCC(=O)Nc4ccccc4)n3Cc3ccc(N(C)C)cc3)cs2)c1. The molecule has 3 atom stereocenters. The highest BCUT2D eigenvalue weighted by Crippen LogP contribution is 2.42. The van der Waals surface area contributed by atoms with Crippen molar-refractivity contribution >= 4 is 110 Å². The number of carbonyl (C=O) groups is 3. The summed E-state index contributed by atoms with van der Waals surface area (Å²) in [6.45, 7) is 4.52. The highest BCUT2D eigenvalue weighted by molar-refractivity contribution is 8.00. The fraction of sp³-hybridized carbons (Fsp3) is 0.179. The van der Waals surface area contributed by atoms with Gasteiger partial charge in [0.25, 0.3) is 0 Å². The number of thiophene rings is 3. The van der Waals surface area contributed by atoms with Gasteiger partial charge in [0.2, 0.25) is 17.7 Å². The zero-order valence-electron chi connectivity index (χ0n) is 49.5. The van der Waals surface area contributed by atoms with Crippen LogP contribution in [0.1, 0.15) is 37.4 Å². The fourth-order valence-corrected chi connectivity index (χ4v) is 15.0. The van der Waals surface area contributed by atoms with Crippen molar-refractivity contribution in [2.24, 2.45) is 5.92 Å². The third kappa shape index (κ3) is 14.5. The lowest BCUT2D eigenvalue weighted by Gasteiger charge is -2.25. The molecule has 6 aromatic heterocycles. The van der Waals surface area contributed by atoms with Crippen LogP contribution >= 0.6 is 69.3 Å². The Hall–Kier alpha value is -8.78. The van der Waals surface area contributed by atoms with Crippen molar-refractivity contribution < 1.29 is 23.2 Å². The summed E-state index contributed by atoms with van der Waals surface area (Å²) in [5, 5.41) is 44.2. The van der Waals surface area contributed by atoms with Gasteiger partial charge in [0.1, 0.15) is 0 Å². The van der Waals surface area contributed by atoms with Crippen molar-refractivity contribution in [1.82, 2.24) is 44.3 Å². The second-order valence-corrected chi connectivity index (χ2v) is 27.3. The number of halogens is 2. The van der Waals surface area contributed by atoms with Crippen LogP contribution in [-0.2, 0) is 27.0 Å². The van der Waals surface area contributed by atoms with Crippen molar-refractivity contribution in [1.29, 1.82) is 0 Å². The summed E-state index contributed by atoms with van der Waals surface area (Å²) in [5.41, 5.74) is 7.92. The number of amides is 3. The van der Waals surface area contributed by atoms with Gasteiger partial charge in [-0.15, -0.1) is 53.3 Å². The summed E-state index contributed by atoms with van der Waals surface area (Å²) in [4.78, 5) is 44.6. The molecule has 5 aromatic carbocycles.